The molecule has 1 amide bonds. The van der Waals surface area contributed by atoms with Crippen molar-refractivity contribution < 1.29 is 4.79 Å². The Hall–Kier alpha value is -4.43. The molecule has 4 heterocycles. The average Bonchev–Trinajstić information content (AvgIpc) is 3.59. The molecule has 2 aromatic carbocycles. The van der Waals surface area contributed by atoms with Gasteiger partial charge in [-0.1, -0.05) is 18.2 Å². The van der Waals surface area contributed by atoms with E-state index in [-0.39, 0.29) is 5.91 Å². The topological polar surface area (TPSA) is 73.3 Å². The van der Waals surface area contributed by atoms with E-state index < -0.39 is 0 Å². The molecule has 1 aliphatic rings. The van der Waals surface area contributed by atoms with Gasteiger partial charge in [-0.05, 0) is 61.0 Å². The first-order valence-electron chi connectivity index (χ1n) is 13.3. The van der Waals surface area contributed by atoms with Crippen LogP contribution in [0.4, 0.5) is 11.5 Å². The van der Waals surface area contributed by atoms with Gasteiger partial charge in [0.25, 0.3) is 5.91 Å². The number of aromatic nitrogens is 4. The van der Waals surface area contributed by atoms with E-state index in [0.29, 0.717) is 11.4 Å². The monoisotopic (exact) mass is 519 g/mol. The van der Waals surface area contributed by atoms with Crippen molar-refractivity contribution in [1.29, 1.82) is 0 Å². The van der Waals surface area contributed by atoms with E-state index in [4.69, 9.17) is 4.98 Å². The lowest BCUT2D eigenvalue weighted by atomic mass is 9.99. The van der Waals surface area contributed by atoms with E-state index in [1.165, 1.54) is 11.3 Å². The Morgan fingerprint density at radius 3 is 2.36 bits per heavy atom. The molecule has 0 bridgehead atoms. The number of aryl methyl sites for hydroxylation is 2. The number of carbonyl (C=O) groups excluding carboxylic acids is 1. The third-order valence-corrected chi connectivity index (χ3v) is 7.70. The number of benzene rings is 2. The van der Waals surface area contributed by atoms with Gasteiger partial charge < -0.3 is 14.8 Å². The number of nitrogens with zero attached hydrogens (tertiary/aromatic N) is 6. The van der Waals surface area contributed by atoms with Crippen LogP contribution < -0.4 is 9.80 Å². The van der Waals surface area contributed by atoms with Crippen molar-refractivity contribution in [1.82, 2.24) is 24.6 Å². The summed E-state index contributed by atoms with van der Waals surface area (Å²) in [4.78, 5) is 27.4. The molecule has 0 spiro atoms. The number of aromatic amines is 1. The fourth-order valence-electron chi connectivity index (χ4n) is 5.31. The van der Waals surface area contributed by atoms with Gasteiger partial charge in [0.2, 0.25) is 0 Å². The SMILES string of the molecule is Cc1cc(-c2cnc3[nH]cc(-c4ccc(C(=O)N(C)c5ccn(C)n5)cc4)c3c2)ccc1N1CCN(C)CC1. The van der Waals surface area contributed by atoms with Crippen LogP contribution >= 0.6 is 0 Å². The van der Waals surface area contributed by atoms with Crippen LogP contribution in [0.25, 0.3) is 33.3 Å². The highest BCUT2D eigenvalue weighted by atomic mass is 16.2. The molecule has 0 saturated carbocycles. The van der Waals surface area contributed by atoms with Gasteiger partial charge in [0.05, 0.1) is 0 Å². The third kappa shape index (κ3) is 4.79. The van der Waals surface area contributed by atoms with Crippen LogP contribution in [0.5, 0.6) is 0 Å². The van der Waals surface area contributed by atoms with Crippen LogP contribution in [-0.4, -0.2) is 70.8 Å². The molecule has 5 aromatic rings. The molecular weight excluding hydrogens is 486 g/mol. The normalized spacial score (nSPS) is 14.2. The number of nitrogens with one attached hydrogen (secondary N) is 1. The lowest BCUT2D eigenvalue weighted by molar-refractivity contribution is 0.0992. The van der Waals surface area contributed by atoms with Crippen LogP contribution in [0.3, 0.4) is 0 Å². The van der Waals surface area contributed by atoms with Gasteiger partial charge >= 0.3 is 0 Å². The lowest BCUT2D eigenvalue weighted by Crippen LogP contribution is -2.44. The summed E-state index contributed by atoms with van der Waals surface area (Å²) in [7, 11) is 5.76. The zero-order chi connectivity index (χ0) is 27.1. The molecule has 1 N–H and O–H groups in total. The molecule has 198 valence electrons. The maximum absolute atomic E-state index is 13.0. The molecule has 0 atom stereocenters. The van der Waals surface area contributed by atoms with Crippen molar-refractivity contribution in [2.24, 2.45) is 7.05 Å². The van der Waals surface area contributed by atoms with Crippen LogP contribution in [0, 0.1) is 6.92 Å². The molecule has 39 heavy (non-hydrogen) atoms. The number of rotatable bonds is 5. The first-order chi connectivity index (χ1) is 18.9. The van der Waals surface area contributed by atoms with Crippen molar-refractivity contribution in [3.8, 4) is 22.3 Å². The van der Waals surface area contributed by atoms with Gasteiger partial charge in [-0.15, -0.1) is 0 Å². The number of hydrogen-bond donors (Lipinski definition) is 1. The molecule has 3 aromatic heterocycles. The van der Waals surface area contributed by atoms with E-state index in [1.807, 2.05) is 56.0 Å². The molecule has 6 rings (SSSR count). The number of hydrogen-bond acceptors (Lipinski definition) is 5. The highest BCUT2D eigenvalue weighted by Gasteiger charge is 2.18. The van der Waals surface area contributed by atoms with Gasteiger partial charge in [-0.3, -0.25) is 14.4 Å². The van der Waals surface area contributed by atoms with Gasteiger partial charge in [0, 0.05) is 92.7 Å². The lowest BCUT2D eigenvalue weighted by Gasteiger charge is -2.35. The Labute approximate surface area is 228 Å². The number of anilines is 2. The maximum Gasteiger partial charge on any atom is 0.259 e. The van der Waals surface area contributed by atoms with Gasteiger partial charge in [-0.25, -0.2) is 4.98 Å². The summed E-state index contributed by atoms with van der Waals surface area (Å²) < 4.78 is 1.69. The molecule has 8 heteroatoms. The average molecular weight is 520 g/mol. The highest BCUT2D eigenvalue weighted by Crippen LogP contribution is 2.33. The summed E-state index contributed by atoms with van der Waals surface area (Å²) in [6.07, 6.45) is 5.74. The summed E-state index contributed by atoms with van der Waals surface area (Å²) >= 11 is 0. The number of fused-ring (bicyclic) bond motifs is 1. The molecule has 0 unspecified atom stereocenters. The fourth-order valence-corrected chi connectivity index (χ4v) is 5.31. The predicted molar refractivity (Wildman–Crippen MR) is 157 cm³/mol. The molecule has 1 saturated heterocycles. The largest absolute Gasteiger partial charge is 0.369 e. The van der Waals surface area contributed by atoms with Crippen LogP contribution in [-0.2, 0) is 7.05 Å². The Kier molecular flexibility index (Phi) is 6.40. The zero-order valence-electron chi connectivity index (χ0n) is 22.8. The number of carbonyl (C=O) groups is 1. The van der Waals surface area contributed by atoms with Crippen molar-refractivity contribution in [3.05, 3.63) is 84.3 Å². The van der Waals surface area contributed by atoms with Gasteiger partial charge in [0.1, 0.15) is 5.65 Å². The standard InChI is InChI=1S/C31H33N7O/c1-21-17-24(9-10-28(21)38-15-13-35(2)14-16-38)25-18-26-27(20-33-30(26)32-19-25)22-5-7-23(8-6-22)31(39)37(4)29-11-12-36(3)34-29/h5-12,17-20H,13-16H2,1-4H3,(H,32,33). The first-order valence-corrected chi connectivity index (χ1v) is 13.3. The molecule has 1 aliphatic heterocycles. The predicted octanol–water partition coefficient (Wildman–Crippen LogP) is 4.97. The molecule has 1 fully saturated rings. The van der Waals surface area contributed by atoms with Crippen LogP contribution in [0.2, 0.25) is 0 Å². The highest BCUT2D eigenvalue weighted by molar-refractivity contribution is 6.05. The third-order valence-electron chi connectivity index (χ3n) is 7.70. The second-order valence-corrected chi connectivity index (χ2v) is 10.4. The second-order valence-electron chi connectivity index (χ2n) is 10.4. The molecule has 0 aliphatic carbocycles. The second kappa shape index (κ2) is 10.0. The van der Waals surface area contributed by atoms with E-state index in [1.54, 1.807) is 16.6 Å². The summed E-state index contributed by atoms with van der Waals surface area (Å²) in [5.74, 6) is 0.520. The van der Waals surface area contributed by atoms with E-state index in [9.17, 15) is 4.79 Å². The summed E-state index contributed by atoms with van der Waals surface area (Å²) in [6.45, 7) is 6.49. The Morgan fingerprint density at radius 2 is 1.67 bits per heavy atom. The minimum Gasteiger partial charge on any atom is -0.369 e. The van der Waals surface area contributed by atoms with Gasteiger partial charge in [-0.2, -0.15) is 5.10 Å². The number of H-pyrrole nitrogens is 1. The fraction of sp³-hybridized carbons (Fsp3) is 0.258. The Balaban J connectivity index is 1.26. The number of pyridine rings is 1. The summed E-state index contributed by atoms with van der Waals surface area (Å²) in [5.41, 5.74) is 8.37. The summed E-state index contributed by atoms with van der Waals surface area (Å²) in [5, 5.41) is 5.38. The van der Waals surface area contributed by atoms with E-state index in [0.717, 1.165) is 59.5 Å². The first kappa shape index (κ1) is 24.9. The minimum absolute atomic E-state index is 0.0986. The number of piperazine rings is 1. The molecule has 8 nitrogen and oxygen atoms in total. The van der Waals surface area contributed by atoms with Crippen LogP contribution in [0.1, 0.15) is 15.9 Å². The Bertz CT molecular complexity index is 1640. The quantitative estimate of drug-likeness (QED) is 0.355. The smallest absolute Gasteiger partial charge is 0.259 e. The Morgan fingerprint density at radius 1 is 0.923 bits per heavy atom. The zero-order valence-corrected chi connectivity index (χ0v) is 22.8. The van der Waals surface area contributed by atoms with Crippen LogP contribution in [0.15, 0.2) is 73.2 Å². The molecular formula is C31H33N7O. The molecule has 0 radical (unpaired) electrons. The van der Waals surface area contributed by atoms with E-state index >= 15 is 0 Å². The summed E-state index contributed by atoms with van der Waals surface area (Å²) in [6, 6.07) is 18.5. The van der Waals surface area contributed by atoms with Gasteiger partial charge in [0.15, 0.2) is 5.82 Å². The maximum atomic E-state index is 13.0. The number of likely N-dealkylation sites (N-methyl/N-ethyl adjacent to an activating group) is 1. The van der Waals surface area contributed by atoms with E-state index in [2.05, 4.69) is 58.1 Å². The number of amides is 1. The van der Waals surface area contributed by atoms with Crippen molar-refractivity contribution >= 4 is 28.4 Å². The van der Waals surface area contributed by atoms with Crippen molar-refractivity contribution in [2.45, 2.75) is 6.92 Å². The van der Waals surface area contributed by atoms with Crippen molar-refractivity contribution in [3.63, 3.8) is 0 Å². The minimum atomic E-state index is -0.0986. The van der Waals surface area contributed by atoms with Crippen molar-refractivity contribution in [2.75, 3.05) is 50.1 Å².